The van der Waals surface area contributed by atoms with Gasteiger partial charge in [-0.2, -0.15) is 0 Å². The van der Waals surface area contributed by atoms with E-state index < -0.39 is 10.0 Å². The number of hydrogen-bond acceptors (Lipinski definition) is 6. The van der Waals surface area contributed by atoms with Crippen molar-refractivity contribution in [2.45, 2.75) is 13.0 Å². The maximum absolute atomic E-state index is 12.3. The van der Waals surface area contributed by atoms with Gasteiger partial charge in [-0.25, -0.2) is 12.7 Å². The first-order valence-electron chi connectivity index (χ1n) is 7.10. The molecule has 2 rings (SSSR count). The fourth-order valence-electron chi connectivity index (χ4n) is 2.23. The van der Waals surface area contributed by atoms with Crippen molar-refractivity contribution in [2.24, 2.45) is 5.92 Å². The number of thiophene rings is 1. The van der Waals surface area contributed by atoms with Crippen LogP contribution in [0.25, 0.3) is 0 Å². The highest BCUT2D eigenvalue weighted by Crippen LogP contribution is 2.20. The Morgan fingerprint density at radius 1 is 1.30 bits per heavy atom. The van der Waals surface area contributed by atoms with E-state index in [0.717, 1.165) is 11.3 Å². The summed E-state index contributed by atoms with van der Waals surface area (Å²) in [6.07, 6.45) is 0. The predicted octanol–water partition coefficient (Wildman–Crippen LogP) is 0.587. The van der Waals surface area contributed by atoms with Crippen molar-refractivity contribution in [3.63, 3.8) is 0 Å². The lowest BCUT2D eigenvalue weighted by Gasteiger charge is -2.20. The van der Waals surface area contributed by atoms with E-state index in [1.165, 1.54) is 25.3 Å². The molecule has 1 N–H and O–H groups in total. The minimum atomic E-state index is -3.36. The SMILES string of the molecule is CC(=O)c1ccc(C(=O)N[C@H]2COC[C@H]2CS(=O)(=O)N(C)C)s1. The topological polar surface area (TPSA) is 92.8 Å². The van der Waals surface area contributed by atoms with Crippen molar-refractivity contribution < 1.29 is 22.7 Å². The molecule has 1 saturated heterocycles. The third-order valence-electron chi connectivity index (χ3n) is 3.67. The molecule has 2 atom stereocenters. The van der Waals surface area contributed by atoms with E-state index in [9.17, 15) is 18.0 Å². The smallest absolute Gasteiger partial charge is 0.261 e. The molecular formula is C14H20N2O5S2. The van der Waals surface area contributed by atoms with Crippen LogP contribution in [0.2, 0.25) is 0 Å². The number of rotatable bonds is 6. The summed E-state index contributed by atoms with van der Waals surface area (Å²) in [6, 6.07) is 2.85. The number of sulfonamides is 1. The largest absolute Gasteiger partial charge is 0.379 e. The number of Topliss-reactive ketones (excluding diaryl/α,β-unsaturated/α-hetero) is 1. The van der Waals surface area contributed by atoms with Crippen LogP contribution < -0.4 is 5.32 Å². The Kier molecular flexibility index (Phi) is 5.56. The minimum absolute atomic E-state index is 0.0753. The van der Waals surface area contributed by atoms with Crippen molar-refractivity contribution >= 4 is 33.1 Å². The van der Waals surface area contributed by atoms with Gasteiger partial charge >= 0.3 is 0 Å². The molecule has 7 nitrogen and oxygen atoms in total. The number of nitrogens with zero attached hydrogens (tertiary/aromatic N) is 1. The molecule has 1 fully saturated rings. The molecule has 1 aromatic rings. The zero-order chi connectivity index (χ0) is 17.2. The van der Waals surface area contributed by atoms with Gasteiger partial charge < -0.3 is 10.1 Å². The number of carbonyl (C=O) groups excluding carboxylic acids is 2. The monoisotopic (exact) mass is 360 g/mol. The van der Waals surface area contributed by atoms with Gasteiger partial charge in [-0.05, 0) is 19.1 Å². The molecule has 128 valence electrons. The highest BCUT2D eigenvalue weighted by atomic mass is 32.2. The minimum Gasteiger partial charge on any atom is -0.379 e. The first-order valence-corrected chi connectivity index (χ1v) is 9.53. The fourth-order valence-corrected chi connectivity index (χ4v) is 4.20. The van der Waals surface area contributed by atoms with Crippen LogP contribution in [0, 0.1) is 5.92 Å². The Bertz CT molecular complexity index is 696. The van der Waals surface area contributed by atoms with Gasteiger partial charge in [0, 0.05) is 20.0 Å². The molecule has 2 heterocycles. The summed E-state index contributed by atoms with van der Waals surface area (Å²) in [7, 11) is -0.402. The zero-order valence-corrected chi connectivity index (χ0v) is 14.9. The molecule has 1 aliphatic rings. The molecule has 0 spiro atoms. The highest BCUT2D eigenvalue weighted by molar-refractivity contribution is 7.89. The Hall–Kier alpha value is -1.29. The molecule has 9 heteroatoms. The van der Waals surface area contributed by atoms with E-state index in [-0.39, 0.29) is 36.0 Å². The van der Waals surface area contributed by atoms with Crippen LogP contribution in [0.1, 0.15) is 26.3 Å². The van der Waals surface area contributed by atoms with Gasteiger partial charge in [0.15, 0.2) is 5.78 Å². The van der Waals surface area contributed by atoms with Crippen molar-refractivity contribution in [2.75, 3.05) is 33.1 Å². The molecule has 0 unspecified atom stereocenters. The van der Waals surface area contributed by atoms with Crippen molar-refractivity contribution in [3.8, 4) is 0 Å². The summed E-state index contributed by atoms with van der Waals surface area (Å²) in [5.41, 5.74) is 0. The Morgan fingerprint density at radius 2 is 1.96 bits per heavy atom. The van der Waals surface area contributed by atoms with E-state index in [0.29, 0.717) is 16.4 Å². The second kappa shape index (κ2) is 7.08. The molecule has 0 aliphatic carbocycles. The third-order valence-corrected chi connectivity index (χ3v) is 6.82. The summed E-state index contributed by atoms with van der Waals surface area (Å²) >= 11 is 1.12. The summed E-state index contributed by atoms with van der Waals surface area (Å²) in [5.74, 6) is -0.772. The van der Waals surface area contributed by atoms with Crippen LogP contribution in [-0.4, -0.2) is 63.5 Å². The summed E-state index contributed by atoms with van der Waals surface area (Å²) in [6.45, 7) is 2.02. The molecule has 1 aromatic heterocycles. The van der Waals surface area contributed by atoms with Crippen LogP contribution in [0.5, 0.6) is 0 Å². The average molecular weight is 360 g/mol. The van der Waals surface area contributed by atoms with E-state index in [1.54, 1.807) is 12.1 Å². The van der Waals surface area contributed by atoms with Crippen LogP contribution in [0.3, 0.4) is 0 Å². The second-order valence-electron chi connectivity index (χ2n) is 5.66. The van der Waals surface area contributed by atoms with Gasteiger partial charge in [-0.15, -0.1) is 11.3 Å². The molecule has 1 aliphatic heterocycles. The van der Waals surface area contributed by atoms with Gasteiger partial charge in [0.25, 0.3) is 5.91 Å². The van der Waals surface area contributed by atoms with Gasteiger partial charge in [-0.3, -0.25) is 9.59 Å². The molecule has 23 heavy (non-hydrogen) atoms. The van der Waals surface area contributed by atoms with E-state index in [1.807, 2.05) is 0 Å². The predicted molar refractivity (Wildman–Crippen MR) is 87.4 cm³/mol. The first kappa shape index (κ1) is 18.1. The van der Waals surface area contributed by atoms with Crippen LogP contribution in [-0.2, 0) is 14.8 Å². The number of carbonyl (C=O) groups is 2. The number of ketones is 1. The molecule has 0 aromatic carbocycles. The van der Waals surface area contributed by atoms with Gasteiger partial charge in [-0.1, -0.05) is 0 Å². The summed E-state index contributed by atoms with van der Waals surface area (Å²) < 4.78 is 30.5. The first-order chi connectivity index (χ1) is 10.7. The number of hydrogen-bond donors (Lipinski definition) is 1. The number of nitrogens with one attached hydrogen (secondary N) is 1. The number of amides is 1. The summed E-state index contributed by atoms with van der Waals surface area (Å²) in [4.78, 5) is 24.5. The zero-order valence-electron chi connectivity index (χ0n) is 13.2. The maximum atomic E-state index is 12.3. The van der Waals surface area contributed by atoms with E-state index in [4.69, 9.17) is 4.74 Å². The quantitative estimate of drug-likeness (QED) is 0.750. The third kappa shape index (κ3) is 4.37. The van der Waals surface area contributed by atoms with Gasteiger partial charge in [0.05, 0.1) is 34.8 Å². The Labute approximate surface area is 139 Å². The van der Waals surface area contributed by atoms with Crippen LogP contribution in [0.15, 0.2) is 12.1 Å². The standard InChI is InChI=1S/C14H20N2O5S2/c1-9(17)12-4-5-13(22-12)14(18)15-11-7-21-6-10(11)8-23(19,20)16(2)3/h4-5,10-11H,6-8H2,1-3H3,(H,15,18)/t10-,11-/m0/s1. The summed E-state index contributed by atoms with van der Waals surface area (Å²) in [5, 5.41) is 2.81. The normalized spacial score (nSPS) is 21.6. The Morgan fingerprint density at radius 3 is 2.52 bits per heavy atom. The van der Waals surface area contributed by atoms with E-state index >= 15 is 0 Å². The molecule has 0 bridgehead atoms. The van der Waals surface area contributed by atoms with Crippen molar-refractivity contribution in [1.29, 1.82) is 0 Å². The van der Waals surface area contributed by atoms with Crippen molar-refractivity contribution in [3.05, 3.63) is 21.9 Å². The van der Waals surface area contributed by atoms with Gasteiger partial charge in [0.2, 0.25) is 10.0 Å². The Balaban J connectivity index is 2.03. The van der Waals surface area contributed by atoms with Gasteiger partial charge in [0.1, 0.15) is 0 Å². The molecule has 0 radical (unpaired) electrons. The number of ether oxygens (including phenoxy) is 1. The maximum Gasteiger partial charge on any atom is 0.261 e. The average Bonchev–Trinajstić information content (AvgIpc) is 3.08. The van der Waals surface area contributed by atoms with Crippen LogP contribution in [0.4, 0.5) is 0 Å². The lowest BCUT2D eigenvalue weighted by Crippen LogP contribution is -2.43. The molecular weight excluding hydrogens is 340 g/mol. The molecule has 1 amide bonds. The highest BCUT2D eigenvalue weighted by Gasteiger charge is 2.34. The fraction of sp³-hybridized carbons (Fsp3) is 0.571. The lowest BCUT2D eigenvalue weighted by molar-refractivity contribution is 0.0929. The van der Waals surface area contributed by atoms with Crippen molar-refractivity contribution in [1.82, 2.24) is 9.62 Å². The molecule has 0 saturated carbocycles. The second-order valence-corrected chi connectivity index (χ2v) is 8.97. The van der Waals surface area contributed by atoms with E-state index in [2.05, 4.69) is 5.32 Å². The lowest BCUT2D eigenvalue weighted by atomic mass is 10.1. The van der Waals surface area contributed by atoms with Crippen LogP contribution >= 0.6 is 11.3 Å².